The molecule has 0 radical (unpaired) electrons. The molecule has 2 rings (SSSR count). The summed E-state index contributed by atoms with van der Waals surface area (Å²) in [7, 11) is 0. The van der Waals surface area contributed by atoms with E-state index in [0.717, 1.165) is 41.8 Å². The van der Waals surface area contributed by atoms with Crippen LogP contribution in [0.4, 0.5) is 5.69 Å². The van der Waals surface area contributed by atoms with Gasteiger partial charge in [0.2, 0.25) is 5.91 Å². The van der Waals surface area contributed by atoms with Crippen LogP contribution in [0.2, 0.25) is 5.02 Å². The van der Waals surface area contributed by atoms with Gasteiger partial charge in [-0.25, -0.2) is 0 Å². The van der Waals surface area contributed by atoms with Crippen molar-refractivity contribution in [2.24, 2.45) is 17.3 Å². The maximum absolute atomic E-state index is 12.4. The van der Waals surface area contributed by atoms with E-state index in [2.05, 4.69) is 42.0 Å². The zero-order valence-corrected chi connectivity index (χ0v) is 15.2. The molecule has 0 spiro atoms. The molecule has 1 N–H and O–H groups in total. The topological polar surface area (TPSA) is 29.1 Å². The number of halogens is 2. The van der Waals surface area contributed by atoms with E-state index in [1.807, 2.05) is 6.07 Å². The summed E-state index contributed by atoms with van der Waals surface area (Å²) in [4.78, 5) is 12.4. The first-order valence-electron chi connectivity index (χ1n) is 7.53. The second-order valence-electron chi connectivity index (χ2n) is 7.03. The molecule has 116 valence electrons. The zero-order valence-electron chi connectivity index (χ0n) is 12.9. The molecule has 4 heteroatoms. The molecule has 0 aliphatic heterocycles. The number of amides is 1. The van der Waals surface area contributed by atoms with Crippen LogP contribution in [0, 0.1) is 17.3 Å². The minimum atomic E-state index is 0.116. The van der Waals surface area contributed by atoms with Crippen LogP contribution in [0.5, 0.6) is 0 Å². The van der Waals surface area contributed by atoms with Crippen molar-refractivity contribution in [1.29, 1.82) is 0 Å². The molecular formula is C17H23BrClNO. The summed E-state index contributed by atoms with van der Waals surface area (Å²) in [6.07, 6.45) is 4.23. The molecule has 0 unspecified atom stereocenters. The molecular weight excluding hydrogens is 350 g/mol. The number of rotatable bonds is 2. The first kappa shape index (κ1) is 16.8. The first-order chi connectivity index (χ1) is 9.77. The predicted molar refractivity (Wildman–Crippen MR) is 92.7 cm³/mol. The van der Waals surface area contributed by atoms with E-state index < -0.39 is 0 Å². The monoisotopic (exact) mass is 371 g/mol. The van der Waals surface area contributed by atoms with Gasteiger partial charge in [-0.1, -0.05) is 32.4 Å². The highest BCUT2D eigenvalue weighted by Crippen LogP contribution is 2.40. The van der Waals surface area contributed by atoms with Crippen molar-refractivity contribution in [1.82, 2.24) is 0 Å². The number of anilines is 1. The van der Waals surface area contributed by atoms with Crippen molar-refractivity contribution >= 4 is 39.1 Å². The Balaban J connectivity index is 1.95. The third-order valence-corrected chi connectivity index (χ3v) is 5.44. The Bertz CT molecular complexity index is 516. The SMILES string of the molecule is CC(C)(C)C1CCC(C(=O)Nc2cc(Cl)ccc2Br)CC1. The van der Waals surface area contributed by atoms with Crippen LogP contribution < -0.4 is 5.32 Å². The lowest BCUT2D eigenvalue weighted by Crippen LogP contribution is -2.31. The second-order valence-corrected chi connectivity index (χ2v) is 8.32. The average Bonchev–Trinajstić information content (AvgIpc) is 2.42. The number of carbonyl (C=O) groups excluding carboxylic acids is 1. The van der Waals surface area contributed by atoms with E-state index in [1.165, 1.54) is 0 Å². The van der Waals surface area contributed by atoms with Gasteiger partial charge in [-0.15, -0.1) is 0 Å². The molecule has 1 saturated carbocycles. The smallest absolute Gasteiger partial charge is 0.227 e. The summed E-state index contributed by atoms with van der Waals surface area (Å²) < 4.78 is 0.864. The van der Waals surface area contributed by atoms with Crippen molar-refractivity contribution in [3.05, 3.63) is 27.7 Å². The van der Waals surface area contributed by atoms with Gasteiger partial charge in [0.1, 0.15) is 0 Å². The maximum Gasteiger partial charge on any atom is 0.227 e. The van der Waals surface area contributed by atoms with Crippen LogP contribution in [0.25, 0.3) is 0 Å². The van der Waals surface area contributed by atoms with E-state index in [9.17, 15) is 4.79 Å². The van der Waals surface area contributed by atoms with E-state index in [1.54, 1.807) is 12.1 Å². The summed E-state index contributed by atoms with van der Waals surface area (Å²) in [5.41, 5.74) is 1.10. The normalized spacial score (nSPS) is 22.9. The highest BCUT2D eigenvalue weighted by Gasteiger charge is 2.32. The first-order valence-corrected chi connectivity index (χ1v) is 8.70. The standard InChI is InChI=1S/C17H23BrClNO/c1-17(2,3)12-6-4-11(5-7-12)16(21)20-15-10-13(19)8-9-14(15)18/h8-12H,4-7H2,1-3H3,(H,20,21). The lowest BCUT2D eigenvalue weighted by Gasteiger charge is -2.36. The van der Waals surface area contributed by atoms with Gasteiger partial charge in [-0.05, 0) is 71.1 Å². The largest absolute Gasteiger partial charge is 0.325 e. The van der Waals surface area contributed by atoms with E-state index in [4.69, 9.17) is 11.6 Å². The third kappa shape index (κ3) is 4.46. The highest BCUT2D eigenvalue weighted by atomic mass is 79.9. The summed E-state index contributed by atoms with van der Waals surface area (Å²) in [5.74, 6) is 0.958. The number of hydrogen-bond donors (Lipinski definition) is 1. The Kier molecular flexibility index (Phi) is 5.37. The van der Waals surface area contributed by atoms with Crippen LogP contribution in [0.15, 0.2) is 22.7 Å². The van der Waals surface area contributed by atoms with Crippen LogP contribution in [0.3, 0.4) is 0 Å². The molecule has 0 saturated heterocycles. The van der Waals surface area contributed by atoms with Gasteiger partial charge in [0.15, 0.2) is 0 Å². The molecule has 2 nitrogen and oxygen atoms in total. The third-order valence-electron chi connectivity index (χ3n) is 4.51. The van der Waals surface area contributed by atoms with Crippen LogP contribution >= 0.6 is 27.5 Å². The number of benzene rings is 1. The van der Waals surface area contributed by atoms with Crippen LogP contribution in [0.1, 0.15) is 46.5 Å². The van der Waals surface area contributed by atoms with Gasteiger partial charge in [-0.2, -0.15) is 0 Å². The summed E-state index contributed by atoms with van der Waals surface area (Å²) >= 11 is 9.43. The Morgan fingerprint density at radius 1 is 1.24 bits per heavy atom. The second kappa shape index (κ2) is 6.70. The van der Waals surface area contributed by atoms with Crippen LogP contribution in [-0.4, -0.2) is 5.91 Å². The van der Waals surface area contributed by atoms with Gasteiger partial charge in [-0.3, -0.25) is 4.79 Å². The van der Waals surface area contributed by atoms with Crippen molar-refractivity contribution < 1.29 is 4.79 Å². The molecule has 1 amide bonds. The maximum atomic E-state index is 12.4. The molecule has 1 fully saturated rings. The average molecular weight is 373 g/mol. The van der Waals surface area contributed by atoms with E-state index in [0.29, 0.717) is 10.4 Å². The van der Waals surface area contributed by atoms with Gasteiger partial charge in [0.25, 0.3) is 0 Å². The fraction of sp³-hybridized carbons (Fsp3) is 0.588. The highest BCUT2D eigenvalue weighted by molar-refractivity contribution is 9.10. The Morgan fingerprint density at radius 3 is 2.43 bits per heavy atom. The lowest BCUT2D eigenvalue weighted by molar-refractivity contribution is -0.121. The zero-order chi connectivity index (χ0) is 15.6. The van der Waals surface area contributed by atoms with E-state index >= 15 is 0 Å². The molecule has 21 heavy (non-hydrogen) atoms. The minimum Gasteiger partial charge on any atom is -0.325 e. The van der Waals surface area contributed by atoms with Gasteiger partial charge in [0, 0.05) is 15.4 Å². The van der Waals surface area contributed by atoms with Gasteiger partial charge >= 0.3 is 0 Å². The predicted octanol–water partition coefficient (Wildman–Crippen LogP) is 5.89. The van der Waals surface area contributed by atoms with E-state index in [-0.39, 0.29) is 11.8 Å². The van der Waals surface area contributed by atoms with Crippen molar-refractivity contribution in [3.8, 4) is 0 Å². The van der Waals surface area contributed by atoms with Crippen molar-refractivity contribution in [2.45, 2.75) is 46.5 Å². The lowest BCUT2D eigenvalue weighted by atomic mass is 9.69. The van der Waals surface area contributed by atoms with Gasteiger partial charge in [0.05, 0.1) is 5.69 Å². The molecule has 0 aromatic heterocycles. The fourth-order valence-corrected chi connectivity index (χ4v) is 3.57. The number of nitrogens with one attached hydrogen (secondary N) is 1. The molecule has 0 bridgehead atoms. The molecule has 0 heterocycles. The number of carbonyl (C=O) groups is 1. The molecule has 1 aliphatic rings. The van der Waals surface area contributed by atoms with Crippen LogP contribution in [-0.2, 0) is 4.79 Å². The quantitative estimate of drug-likeness (QED) is 0.688. The fourth-order valence-electron chi connectivity index (χ4n) is 3.05. The molecule has 1 aliphatic carbocycles. The molecule has 1 aromatic rings. The molecule has 0 atom stereocenters. The molecule has 1 aromatic carbocycles. The van der Waals surface area contributed by atoms with Crippen molar-refractivity contribution in [2.75, 3.05) is 5.32 Å². The minimum absolute atomic E-state index is 0.116. The summed E-state index contributed by atoms with van der Waals surface area (Å²) in [6.45, 7) is 6.88. The summed E-state index contributed by atoms with van der Waals surface area (Å²) in [5, 5.41) is 3.63. The number of hydrogen-bond acceptors (Lipinski definition) is 1. The van der Waals surface area contributed by atoms with Crippen molar-refractivity contribution in [3.63, 3.8) is 0 Å². The summed E-state index contributed by atoms with van der Waals surface area (Å²) in [6, 6.07) is 5.44. The Morgan fingerprint density at radius 2 is 1.86 bits per heavy atom. The Hall–Kier alpha value is -0.540. The Labute approximate surface area is 140 Å². The van der Waals surface area contributed by atoms with Gasteiger partial charge < -0.3 is 5.32 Å².